The van der Waals surface area contributed by atoms with Crippen LogP contribution in [-0.4, -0.2) is 40.1 Å². The van der Waals surface area contributed by atoms with E-state index in [9.17, 15) is 9.59 Å². The summed E-state index contributed by atoms with van der Waals surface area (Å²) in [4.78, 5) is 30.8. The van der Waals surface area contributed by atoms with Crippen LogP contribution in [-0.2, 0) is 9.59 Å². The Balaban J connectivity index is 1.74. The van der Waals surface area contributed by atoms with E-state index in [4.69, 9.17) is 9.47 Å². The van der Waals surface area contributed by atoms with E-state index in [1.807, 2.05) is 60.8 Å². The average molecular weight is 450 g/mol. The minimum absolute atomic E-state index is 0.241. The lowest BCUT2D eigenvalue weighted by atomic mass is 10.1. The topological polar surface area (TPSA) is 71.1 Å². The van der Waals surface area contributed by atoms with E-state index < -0.39 is 11.8 Å². The van der Waals surface area contributed by atoms with Gasteiger partial charge < -0.3 is 19.7 Å². The number of hydrogen-bond donors (Lipinski definition) is 1. The fourth-order valence-electron chi connectivity index (χ4n) is 3.48. The zero-order valence-corrected chi connectivity index (χ0v) is 19.0. The van der Waals surface area contributed by atoms with Gasteiger partial charge >= 0.3 is 0 Å². The Hall–Kier alpha value is -3.78. The SMILES string of the molecule is COc1ccc(N2C(=O)C(Nc3ccc(N(C)C)cc3)=C(c3cccs3)C2=O)cc1OC. The number of rotatable bonds is 7. The number of amides is 2. The van der Waals surface area contributed by atoms with Gasteiger partial charge in [0.2, 0.25) is 0 Å². The Bertz CT molecular complexity index is 1180. The minimum Gasteiger partial charge on any atom is -0.493 e. The van der Waals surface area contributed by atoms with Crippen LogP contribution in [0.2, 0.25) is 0 Å². The zero-order valence-electron chi connectivity index (χ0n) is 18.2. The molecular weight excluding hydrogens is 426 g/mol. The van der Waals surface area contributed by atoms with Crippen molar-refractivity contribution in [3.8, 4) is 11.5 Å². The van der Waals surface area contributed by atoms with Gasteiger partial charge in [0, 0.05) is 36.4 Å². The van der Waals surface area contributed by atoms with Gasteiger partial charge in [-0.3, -0.25) is 9.59 Å². The highest BCUT2D eigenvalue weighted by Crippen LogP contribution is 2.38. The molecule has 164 valence electrons. The van der Waals surface area contributed by atoms with Crippen molar-refractivity contribution < 1.29 is 19.1 Å². The van der Waals surface area contributed by atoms with Gasteiger partial charge in [-0.05, 0) is 47.8 Å². The number of methoxy groups -OCH3 is 2. The number of hydrogen-bond acceptors (Lipinski definition) is 7. The number of thiophene rings is 1. The fraction of sp³-hybridized carbons (Fsp3) is 0.167. The van der Waals surface area contributed by atoms with Gasteiger partial charge in [0.05, 0.1) is 25.5 Å². The number of nitrogens with one attached hydrogen (secondary N) is 1. The summed E-state index contributed by atoms with van der Waals surface area (Å²) in [5.41, 5.74) is 2.74. The third-order valence-electron chi connectivity index (χ3n) is 5.13. The maximum absolute atomic E-state index is 13.5. The fourth-order valence-corrected chi connectivity index (χ4v) is 4.25. The van der Waals surface area contributed by atoms with Crippen LogP contribution in [0.3, 0.4) is 0 Å². The highest BCUT2D eigenvalue weighted by Gasteiger charge is 2.41. The summed E-state index contributed by atoms with van der Waals surface area (Å²) in [6.07, 6.45) is 0. The monoisotopic (exact) mass is 449 g/mol. The molecule has 4 rings (SSSR count). The van der Waals surface area contributed by atoms with Crippen LogP contribution in [0.5, 0.6) is 11.5 Å². The molecular formula is C24H23N3O4S. The molecule has 2 aromatic carbocycles. The molecule has 32 heavy (non-hydrogen) atoms. The van der Waals surface area contributed by atoms with Crippen LogP contribution >= 0.6 is 11.3 Å². The van der Waals surface area contributed by atoms with Crippen molar-refractivity contribution >= 4 is 45.8 Å². The minimum atomic E-state index is -0.428. The van der Waals surface area contributed by atoms with Gasteiger partial charge in [-0.2, -0.15) is 0 Å². The molecule has 2 amide bonds. The predicted octanol–water partition coefficient (Wildman–Crippen LogP) is 4.23. The molecule has 0 radical (unpaired) electrons. The van der Waals surface area contributed by atoms with Gasteiger partial charge in [0.25, 0.3) is 11.8 Å². The molecule has 1 N–H and O–H groups in total. The van der Waals surface area contributed by atoms with Crippen molar-refractivity contribution in [2.24, 2.45) is 0 Å². The van der Waals surface area contributed by atoms with Gasteiger partial charge in [-0.15, -0.1) is 11.3 Å². The van der Waals surface area contributed by atoms with Crippen molar-refractivity contribution in [1.82, 2.24) is 0 Å². The van der Waals surface area contributed by atoms with E-state index in [0.717, 1.165) is 21.2 Å². The molecule has 8 heteroatoms. The van der Waals surface area contributed by atoms with Gasteiger partial charge in [-0.25, -0.2) is 4.90 Å². The quantitative estimate of drug-likeness (QED) is 0.545. The normalized spacial score (nSPS) is 13.6. The molecule has 0 atom stereocenters. The molecule has 0 saturated carbocycles. The maximum atomic E-state index is 13.5. The lowest BCUT2D eigenvalue weighted by Crippen LogP contribution is -2.32. The largest absolute Gasteiger partial charge is 0.493 e. The van der Waals surface area contributed by atoms with E-state index in [1.165, 1.54) is 25.6 Å². The highest BCUT2D eigenvalue weighted by atomic mass is 32.1. The van der Waals surface area contributed by atoms with Crippen molar-refractivity contribution in [1.29, 1.82) is 0 Å². The van der Waals surface area contributed by atoms with E-state index in [1.54, 1.807) is 18.2 Å². The molecule has 1 aliphatic rings. The first-order chi connectivity index (χ1) is 15.4. The van der Waals surface area contributed by atoms with E-state index in [-0.39, 0.29) is 5.70 Å². The summed E-state index contributed by atoms with van der Waals surface area (Å²) >= 11 is 1.41. The Kier molecular flexibility index (Phi) is 5.87. The first-order valence-corrected chi connectivity index (χ1v) is 10.8. The third kappa shape index (κ3) is 3.80. The van der Waals surface area contributed by atoms with Crippen LogP contribution in [0, 0.1) is 0 Å². The second-order valence-electron chi connectivity index (χ2n) is 7.28. The van der Waals surface area contributed by atoms with E-state index in [0.29, 0.717) is 22.8 Å². The number of benzene rings is 2. The van der Waals surface area contributed by atoms with Crippen LogP contribution in [0.4, 0.5) is 17.1 Å². The Labute approximate surface area is 190 Å². The maximum Gasteiger partial charge on any atom is 0.282 e. The Morgan fingerprint density at radius 1 is 0.906 bits per heavy atom. The molecule has 1 aromatic heterocycles. The first-order valence-electron chi connectivity index (χ1n) is 9.88. The van der Waals surface area contributed by atoms with Gasteiger partial charge in [0.15, 0.2) is 11.5 Å². The molecule has 7 nitrogen and oxygen atoms in total. The van der Waals surface area contributed by atoms with Crippen LogP contribution < -0.4 is 24.6 Å². The van der Waals surface area contributed by atoms with Crippen LogP contribution in [0.15, 0.2) is 65.7 Å². The van der Waals surface area contributed by atoms with Crippen molar-refractivity contribution in [3.05, 3.63) is 70.6 Å². The summed E-state index contributed by atoms with van der Waals surface area (Å²) in [5, 5.41) is 5.05. The summed E-state index contributed by atoms with van der Waals surface area (Å²) in [5.74, 6) is 0.129. The van der Waals surface area contributed by atoms with Gasteiger partial charge in [-0.1, -0.05) is 6.07 Å². The Morgan fingerprint density at radius 2 is 1.62 bits per heavy atom. The summed E-state index contributed by atoms with van der Waals surface area (Å²) < 4.78 is 10.6. The molecule has 1 aliphatic heterocycles. The third-order valence-corrected chi connectivity index (χ3v) is 6.02. The van der Waals surface area contributed by atoms with Crippen molar-refractivity contribution in [3.63, 3.8) is 0 Å². The zero-order chi connectivity index (χ0) is 22.8. The number of carbonyl (C=O) groups excluding carboxylic acids is 2. The summed E-state index contributed by atoms with van der Waals surface area (Å²) in [6.45, 7) is 0. The second-order valence-corrected chi connectivity index (χ2v) is 8.23. The number of imide groups is 1. The molecule has 0 spiro atoms. The molecule has 0 saturated heterocycles. The number of ether oxygens (including phenoxy) is 2. The number of nitrogens with zero attached hydrogens (tertiary/aromatic N) is 2. The lowest BCUT2D eigenvalue weighted by molar-refractivity contribution is -0.120. The standard InChI is InChI=1S/C24H23N3O4S/c1-26(2)16-9-7-15(8-10-16)25-22-21(20-6-5-13-32-20)23(28)27(24(22)29)17-11-12-18(30-3)19(14-17)31-4/h5-14,25H,1-4H3. The van der Waals surface area contributed by atoms with Crippen molar-refractivity contribution in [2.75, 3.05) is 43.4 Å². The number of anilines is 3. The predicted molar refractivity (Wildman–Crippen MR) is 128 cm³/mol. The van der Waals surface area contributed by atoms with Crippen molar-refractivity contribution in [2.45, 2.75) is 0 Å². The molecule has 0 aliphatic carbocycles. The highest BCUT2D eigenvalue weighted by molar-refractivity contribution is 7.11. The van der Waals surface area contributed by atoms with Crippen LogP contribution in [0.1, 0.15) is 4.88 Å². The lowest BCUT2D eigenvalue weighted by Gasteiger charge is -2.17. The summed E-state index contributed by atoms with van der Waals surface area (Å²) in [7, 11) is 6.96. The Morgan fingerprint density at radius 3 is 2.22 bits per heavy atom. The smallest absolute Gasteiger partial charge is 0.282 e. The molecule has 3 aromatic rings. The second kappa shape index (κ2) is 8.76. The average Bonchev–Trinajstić information content (AvgIpc) is 3.40. The number of carbonyl (C=O) groups is 2. The van der Waals surface area contributed by atoms with E-state index >= 15 is 0 Å². The van der Waals surface area contributed by atoms with Crippen LogP contribution in [0.25, 0.3) is 5.57 Å². The molecule has 0 bridgehead atoms. The van der Waals surface area contributed by atoms with Gasteiger partial charge in [0.1, 0.15) is 5.70 Å². The molecule has 0 fully saturated rings. The van der Waals surface area contributed by atoms with E-state index in [2.05, 4.69) is 5.32 Å². The molecule has 0 unspecified atom stereocenters. The summed E-state index contributed by atoms with van der Waals surface area (Å²) in [6, 6.07) is 16.3. The molecule has 2 heterocycles. The first kappa shape index (κ1) is 21.5.